The average molecular weight is 176 g/mol. The number of nitrogens with one attached hydrogen (secondary N) is 1. The first kappa shape index (κ1) is 7.85. The number of nitrogens with zero attached hydrogens (tertiary/aromatic N) is 3. The van der Waals surface area contributed by atoms with Gasteiger partial charge >= 0.3 is 0 Å². The fourth-order valence-corrected chi connectivity index (χ4v) is 1.12. The first-order valence-corrected chi connectivity index (χ1v) is 3.87. The molecular weight excluding hydrogens is 168 g/mol. The Labute approximate surface area is 73.9 Å². The minimum atomic E-state index is -0.192. The number of hydrogen-bond acceptors (Lipinski definition) is 4. The van der Waals surface area contributed by atoms with Crippen molar-refractivity contribution in [3.8, 4) is 0 Å². The van der Waals surface area contributed by atoms with Crippen LogP contribution in [0.5, 0.6) is 0 Å². The minimum absolute atomic E-state index is 0.192. The van der Waals surface area contributed by atoms with Crippen LogP contribution in [-0.2, 0) is 0 Å². The Hall–Kier alpha value is -1.78. The predicted octanol–water partition coefficient (Wildman–Crippen LogP) is 0.330. The molecule has 0 unspecified atom stereocenters. The van der Waals surface area contributed by atoms with E-state index < -0.39 is 0 Å². The molecule has 0 bridgehead atoms. The van der Waals surface area contributed by atoms with Crippen LogP contribution >= 0.6 is 0 Å². The third-order valence-corrected chi connectivity index (χ3v) is 1.70. The highest BCUT2D eigenvalue weighted by molar-refractivity contribution is 5.71. The summed E-state index contributed by atoms with van der Waals surface area (Å²) >= 11 is 0. The lowest BCUT2D eigenvalue weighted by Crippen LogP contribution is -2.11. The number of hydrogen-bond donors (Lipinski definition) is 1. The van der Waals surface area contributed by atoms with Crippen LogP contribution < -0.4 is 5.56 Å². The molecule has 5 heteroatoms. The topological polar surface area (TPSA) is 71.5 Å². The zero-order chi connectivity index (χ0) is 9.42. The predicted molar refractivity (Wildman–Crippen MR) is 47.4 cm³/mol. The second kappa shape index (κ2) is 2.62. The van der Waals surface area contributed by atoms with Gasteiger partial charge in [-0.1, -0.05) is 0 Å². The Morgan fingerprint density at radius 2 is 2.08 bits per heavy atom. The van der Waals surface area contributed by atoms with Crippen LogP contribution in [0, 0.1) is 13.8 Å². The highest BCUT2D eigenvalue weighted by atomic mass is 16.1. The van der Waals surface area contributed by atoms with Crippen molar-refractivity contribution in [2.75, 3.05) is 0 Å². The monoisotopic (exact) mass is 176 g/mol. The summed E-state index contributed by atoms with van der Waals surface area (Å²) in [6, 6.07) is 0. The standard InChI is InChI=1S/C8H8N4O/c1-4-9-3-6-7(10-4)11-5(2)12-8(6)13/h3H,1-2H3,(H,9,10,11,12,13). The number of H-pyrrole nitrogens is 1. The highest BCUT2D eigenvalue weighted by Gasteiger charge is 2.02. The number of aromatic amines is 1. The molecule has 0 saturated carbocycles. The Bertz CT molecular complexity index is 512. The van der Waals surface area contributed by atoms with Crippen LogP contribution in [-0.4, -0.2) is 19.9 Å². The third-order valence-electron chi connectivity index (χ3n) is 1.70. The van der Waals surface area contributed by atoms with Crippen molar-refractivity contribution in [3.05, 3.63) is 28.2 Å². The van der Waals surface area contributed by atoms with Gasteiger partial charge in [0.25, 0.3) is 5.56 Å². The molecule has 0 atom stereocenters. The van der Waals surface area contributed by atoms with Crippen molar-refractivity contribution in [1.29, 1.82) is 0 Å². The van der Waals surface area contributed by atoms with Gasteiger partial charge in [-0.2, -0.15) is 0 Å². The summed E-state index contributed by atoms with van der Waals surface area (Å²) < 4.78 is 0. The van der Waals surface area contributed by atoms with Gasteiger partial charge in [-0.05, 0) is 13.8 Å². The molecule has 13 heavy (non-hydrogen) atoms. The molecule has 0 amide bonds. The van der Waals surface area contributed by atoms with Gasteiger partial charge in [0, 0.05) is 6.20 Å². The summed E-state index contributed by atoms with van der Waals surface area (Å²) in [5.41, 5.74) is 0.260. The van der Waals surface area contributed by atoms with Crippen LogP contribution in [0.25, 0.3) is 11.0 Å². The van der Waals surface area contributed by atoms with E-state index in [-0.39, 0.29) is 5.56 Å². The average Bonchev–Trinajstić information content (AvgIpc) is 2.02. The fourth-order valence-electron chi connectivity index (χ4n) is 1.12. The molecule has 2 aromatic heterocycles. The quantitative estimate of drug-likeness (QED) is 0.627. The maximum atomic E-state index is 11.3. The second-order valence-corrected chi connectivity index (χ2v) is 2.81. The first-order valence-electron chi connectivity index (χ1n) is 3.87. The van der Waals surface area contributed by atoms with Gasteiger partial charge in [-0.3, -0.25) is 4.79 Å². The molecule has 0 aliphatic heterocycles. The molecule has 0 saturated heterocycles. The molecule has 1 N–H and O–H groups in total. The molecule has 0 aliphatic carbocycles. The zero-order valence-electron chi connectivity index (χ0n) is 7.33. The van der Waals surface area contributed by atoms with E-state index in [1.54, 1.807) is 13.8 Å². The van der Waals surface area contributed by atoms with Crippen molar-refractivity contribution < 1.29 is 0 Å². The van der Waals surface area contributed by atoms with Gasteiger partial charge in [0.1, 0.15) is 17.0 Å². The lowest BCUT2D eigenvalue weighted by atomic mass is 10.4. The highest BCUT2D eigenvalue weighted by Crippen LogP contribution is 2.01. The number of aromatic nitrogens is 4. The first-order chi connectivity index (χ1) is 6.16. The van der Waals surface area contributed by atoms with Gasteiger partial charge < -0.3 is 4.98 Å². The van der Waals surface area contributed by atoms with Gasteiger partial charge in [-0.25, -0.2) is 15.0 Å². The summed E-state index contributed by atoms with van der Waals surface area (Å²) in [5.74, 6) is 1.18. The van der Waals surface area contributed by atoms with Crippen LogP contribution in [0.4, 0.5) is 0 Å². The smallest absolute Gasteiger partial charge is 0.261 e. The lowest BCUT2D eigenvalue weighted by molar-refractivity contribution is 1.00. The van der Waals surface area contributed by atoms with E-state index in [1.807, 2.05) is 0 Å². The van der Waals surface area contributed by atoms with E-state index in [9.17, 15) is 4.79 Å². The SMILES string of the molecule is Cc1ncc2c(=O)[nH]c(C)nc2n1. The van der Waals surface area contributed by atoms with Crippen LogP contribution in [0.2, 0.25) is 0 Å². The van der Waals surface area contributed by atoms with Crippen LogP contribution in [0.3, 0.4) is 0 Å². The van der Waals surface area contributed by atoms with Crippen molar-refractivity contribution in [3.63, 3.8) is 0 Å². The van der Waals surface area contributed by atoms with Crippen molar-refractivity contribution in [2.24, 2.45) is 0 Å². The molecule has 0 radical (unpaired) electrons. The van der Waals surface area contributed by atoms with E-state index in [0.717, 1.165) is 0 Å². The van der Waals surface area contributed by atoms with E-state index in [0.29, 0.717) is 22.7 Å². The second-order valence-electron chi connectivity index (χ2n) is 2.81. The zero-order valence-corrected chi connectivity index (χ0v) is 7.33. The fraction of sp³-hybridized carbons (Fsp3) is 0.250. The Balaban J connectivity index is 2.95. The molecule has 5 nitrogen and oxygen atoms in total. The third kappa shape index (κ3) is 1.28. The Morgan fingerprint density at radius 3 is 2.85 bits per heavy atom. The summed E-state index contributed by atoms with van der Waals surface area (Å²) in [6.45, 7) is 3.48. The molecule has 2 heterocycles. The summed E-state index contributed by atoms with van der Waals surface area (Å²) in [5, 5.41) is 0.427. The molecular formula is C8H8N4O. The van der Waals surface area contributed by atoms with Gasteiger partial charge in [-0.15, -0.1) is 0 Å². The minimum Gasteiger partial charge on any atom is -0.310 e. The summed E-state index contributed by atoms with van der Waals surface area (Å²) in [7, 11) is 0. The molecule has 0 aromatic carbocycles. The summed E-state index contributed by atoms with van der Waals surface area (Å²) in [4.78, 5) is 26.0. The van der Waals surface area contributed by atoms with Crippen LogP contribution in [0.15, 0.2) is 11.0 Å². The summed E-state index contributed by atoms with van der Waals surface area (Å²) in [6.07, 6.45) is 1.49. The molecule has 2 rings (SSSR count). The maximum absolute atomic E-state index is 11.3. The number of fused-ring (bicyclic) bond motifs is 1. The number of rotatable bonds is 0. The van der Waals surface area contributed by atoms with Crippen LogP contribution in [0.1, 0.15) is 11.6 Å². The Morgan fingerprint density at radius 1 is 1.31 bits per heavy atom. The molecule has 66 valence electrons. The number of aryl methyl sites for hydroxylation is 2. The van der Waals surface area contributed by atoms with Gasteiger partial charge in [0.05, 0.1) is 0 Å². The van der Waals surface area contributed by atoms with Crippen molar-refractivity contribution in [1.82, 2.24) is 19.9 Å². The Kier molecular flexibility index (Phi) is 1.58. The van der Waals surface area contributed by atoms with Crippen molar-refractivity contribution >= 4 is 11.0 Å². The molecule has 2 aromatic rings. The van der Waals surface area contributed by atoms with E-state index >= 15 is 0 Å². The molecule has 0 aliphatic rings. The maximum Gasteiger partial charge on any atom is 0.261 e. The van der Waals surface area contributed by atoms with E-state index in [2.05, 4.69) is 19.9 Å². The van der Waals surface area contributed by atoms with Gasteiger partial charge in [0.15, 0.2) is 5.65 Å². The van der Waals surface area contributed by atoms with Gasteiger partial charge in [0.2, 0.25) is 0 Å². The lowest BCUT2D eigenvalue weighted by Gasteiger charge is -1.97. The molecule has 0 fully saturated rings. The van der Waals surface area contributed by atoms with Crippen molar-refractivity contribution in [2.45, 2.75) is 13.8 Å². The largest absolute Gasteiger partial charge is 0.310 e. The van der Waals surface area contributed by atoms with E-state index in [1.165, 1.54) is 6.20 Å². The normalized spacial score (nSPS) is 10.6. The molecule has 0 spiro atoms. The van der Waals surface area contributed by atoms with E-state index in [4.69, 9.17) is 0 Å².